The van der Waals surface area contributed by atoms with Gasteiger partial charge in [0.15, 0.2) is 6.61 Å². The summed E-state index contributed by atoms with van der Waals surface area (Å²) in [4.78, 5) is 37.1. The zero-order valence-electron chi connectivity index (χ0n) is 17.8. The van der Waals surface area contributed by atoms with E-state index >= 15 is 0 Å². The lowest BCUT2D eigenvalue weighted by atomic mass is 9.85. The van der Waals surface area contributed by atoms with Gasteiger partial charge in [-0.15, -0.1) is 9.35 Å². The Kier molecular flexibility index (Phi) is 6.12. The van der Waals surface area contributed by atoms with Crippen molar-refractivity contribution in [2.75, 3.05) is 6.61 Å². The third-order valence-corrected chi connectivity index (χ3v) is 7.54. The van der Waals surface area contributed by atoms with Gasteiger partial charge in [0.2, 0.25) is 0 Å². The summed E-state index contributed by atoms with van der Waals surface area (Å²) >= 11 is 0. The molecule has 1 heterocycles. The normalized spacial score (nSPS) is 26.2. The van der Waals surface area contributed by atoms with Gasteiger partial charge in [0.1, 0.15) is 0 Å². The molecule has 3 aliphatic rings. The van der Waals surface area contributed by atoms with Crippen LogP contribution in [0.1, 0.15) is 42.1 Å². The maximum Gasteiger partial charge on any atom is 0.404 e. The Balaban J connectivity index is 1.38. The second-order valence-electron chi connectivity index (χ2n) is 8.51. The van der Waals surface area contributed by atoms with Crippen LogP contribution < -0.4 is 0 Å². The van der Waals surface area contributed by atoms with Gasteiger partial charge in [-0.3, -0.25) is 9.59 Å². The van der Waals surface area contributed by atoms with Crippen molar-refractivity contribution in [2.24, 2.45) is 23.7 Å². The first-order valence-corrected chi connectivity index (χ1v) is 12.1. The molecule has 1 saturated heterocycles. The summed E-state index contributed by atoms with van der Waals surface area (Å²) in [6.07, 6.45) is 6.85. The summed E-state index contributed by atoms with van der Waals surface area (Å²) in [6.45, 7) is 0.202. The predicted molar refractivity (Wildman–Crippen MR) is 110 cm³/mol. The van der Waals surface area contributed by atoms with E-state index < -0.39 is 51.6 Å². The van der Waals surface area contributed by atoms with E-state index in [9.17, 15) is 31.6 Å². The molecular formula is C22H23F2NO7S. The third kappa shape index (κ3) is 4.19. The van der Waals surface area contributed by atoms with E-state index in [0.29, 0.717) is 6.42 Å². The molecule has 33 heavy (non-hydrogen) atoms. The fourth-order valence-electron chi connectivity index (χ4n) is 4.59. The summed E-state index contributed by atoms with van der Waals surface area (Å²) in [6, 6.07) is 6.12. The van der Waals surface area contributed by atoms with Crippen molar-refractivity contribution in [3.8, 4) is 0 Å². The first-order chi connectivity index (χ1) is 15.6. The highest BCUT2D eigenvalue weighted by molar-refractivity contribution is 7.87. The van der Waals surface area contributed by atoms with E-state index in [-0.39, 0.29) is 22.5 Å². The lowest BCUT2D eigenvalue weighted by Gasteiger charge is -2.20. The molecule has 4 rings (SSSR count). The first-order valence-electron chi connectivity index (χ1n) is 10.7. The summed E-state index contributed by atoms with van der Waals surface area (Å²) in [7, 11) is -5.80. The highest BCUT2D eigenvalue weighted by Gasteiger charge is 2.62. The van der Waals surface area contributed by atoms with Crippen LogP contribution in [-0.2, 0) is 35.1 Å². The van der Waals surface area contributed by atoms with Gasteiger partial charge in [0.25, 0.3) is 11.8 Å². The number of fused-ring (bicyclic) bond motifs is 5. The fourth-order valence-corrected chi connectivity index (χ4v) is 5.25. The number of hydrogen-bond donors (Lipinski definition) is 0. The predicted octanol–water partition coefficient (Wildman–Crippen LogP) is 2.85. The number of halogens is 2. The van der Waals surface area contributed by atoms with Crippen LogP contribution in [0.5, 0.6) is 0 Å². The number of unbranched alkanes of at least 4 members (excludes halogenated alkanes) is 1. The van der Waals surface area contributed by atoms with Gasteiger partial charge in [-0.25, -0.2) is 4.79 Å². The average molecular weight is 483 g/mol. The van der Waals surface area contributed by atoms with Crippen molar-refractivity contribution < 1.29 is 40.6 Å². The fraction of sp³-hybridized carbons (Fsp3) is 0.500. The van der Waals surface area contributed by atoms with Crippen LogP contribution in [0.25, 0.3) is 0 Å². The smallest absolute Gasteiger partial charge is 0.404 e. The third-order valence-electron chi connectivity index (χ3n) is 6.35. The number of alkyl halides is 2. The van der Waals surface area contributed by atoms with E-state index in [4.69, 9.17) is 0 Å². The number of hydrogen-bond acceptors (Lipinski definition) is 7. The largest absolute Gasteiger partial charge is 0.454 e. The Morgan fingerprint density at radius 2 is 1.67 bits per heavy atom. The maximum absolute atomic E-state index is 14.4. The number of amides is 2. The van der Waals surface area contributed by atoms with Crippen LogP contribution in [0.4, 0.5) is 8.78 Å². The van der Waals surface area contributed by atoms with Crippen molar-refractivity contribution in [2.45, 2.75) is 37.9 Å². The summed E-state index contributed by atoms with van der Waals surface area (Å²) in [5.41, 5.74) is 0.938. The molecule has 178 valence electrons. The summed E-state index contributed by atoms with van der Waals surface area (Å²) < 4.78 is 61.9. The van der Waals surface area contributed by atoms with E-state index in [1.807, 2.05) is 6.92 Å². The Hall–Kier alpha value is -2.66. The number of benzene rings is 1. The van der Waals surface area contributed by atoms with Crippen molar-refractivity contribution in [3.05, 3.63) is 47.5 Å². The molecule has 1 aliphatic heterocycles. The number of esters is 1. The Labute approximate surface area is 189 Å². The molecule has 1 aromatic rings. The first kappa shape index (κ1) is 23.5. The molecule has 4 unspecified atom stereocenters. The molecular weight excluding hydrogens is 460 g/mol. The van der Waals surface area contributed by atoms with Gasteiger partial charge in [0, 0.05) is 0 Å². The van der Waals surface area contributed by atoms with Crippen LogP contribution in [0.3, 0.4) is 0 Å². The van der Waals surface area contributed by atoms with E-state index in [0.717, 1.165) is 24.8 Å². The van der Waals surface area contributed by atoms with Gasteiger partial charge in [0.05, 0.1) is 17.4 Å². The van der Waals surface area contributed by atoms with E-state index in [1.54, 1.807) is 24.3 Å². The molecule has 1 saturated carbocycles. The van der Waals surface area contributed by atoms with Crippen molar-refractivity contribution in [1.29, 1.82) is 0 Å². The van der Waals surface area contributed by atoms with Crippen LogP contribution >= 0.6 is 0 Å². The second-order valence-corrected chi connectivity index (χ2v) is 10.2. The molecule has 0 radical (unpaired) electrons. The topological polar surface area (TPSA) is 107 Å². The Morgan fingerprint density at radius 1 is 1.09 bits per heavy atom. The molecule has 2 aliphatic carbocycles. The zero-order chi connectivity index (χ0) is 24.0. The minimum atomic E-state index is -5.80. The number of carbonyl (C=O) groups excluding carboxylic acids is 3. The van der Waals surface area contributed by atoms with E-state index in [2.05, 4.69) is 9.02 Å². The van der Waals surface area contributed by atoms with Gasteiger partial charge in [-0.2, -0.15) is 17.2 Å². The molecule has 0 N–H and O–H groups in total. The van der Waals surface area contributed by atoms with Crippen molar-refractivity contribution in [3.63, 3.8) is 0 Å². The highest BCUT2D eigenvalue weighted by atomic mass is 32.2. The van der Waals surface area contributed by atoms with Gasteiger partial charge < -0.3 is 4.74 Å². The standard InChI is InChI=1S/C22H23F2NO7S/c1-2-3-4-13-5-7-14(8-6-13)21(28)31-12-22(23,24)33(29,30)32-25-19(26)17-15-9-10-16(11-15)18(17)20(25)27/h5-10,15-18H,2-4,11-12H2,1H3. The minimum Gasteiger partial charge on any atom is -0.454 e. The highest BCUT2D eigenvalue weighted by Crippen LogP contribution is 2.52. The number of imide groups is 1. The lowest BCUT2D eigenvalue weighted by molar-refractivity contribution is -0.168. The number of hydroxylamine groups is 2. The van der Waals surface area contributed by atoms with E-state index in [1.165, 1.54) is 12.1 Å². The molecule has 8 nitrogen and oxygen atoms in total. The van der Waals surface area contributed by atoms with Gasteiger partial charge in [-0.05, 0) is 48.8 Å². The number of carbonyl (C=O) groups is 3. The Bertz CT molecular complexity index is 1070. The number of aryl methyl sites for hydroxylation is 1. The maximum atomic E-state index is 14.4. The quantitative estimate of drug-likeness (QED) is 0.302. The van der Waals surface area contributed by atoms with Gasteiger partial charge in [-0.1, -0.05) is 37.6 Å². The van der Waals surface area contributed by atoms with Crippen molar-refractivity contribution >= 4 is 27.9 Å². The monoisotopic (exact) mass is 483 g/mol. The molecule has 4 atom stereocenters. The summed E-state index contributed by atoms with van der Waals surface area (Å²) in [5, 5.41) is -4.76. The molecule has 2 fully saturated rings. The zero-order valence-corrected chi connectivity index (χ0v) is 18.6. The summed E-state index contributed by atoms with van der Waals surface area (Å²) in [5.74, 6) is -5.17. The number of allylic oxidation sites excluding steroid dienone is 2. The number of nitrogens with zero attached hydrogens (tertiary/aromatic N) is 1. The molecule has 11 heteroatoms. The molecule has 2 bridgehead atoms. The average Bonchev–Trinajstić information content (AvgIpc) is 3.46. The van der Waals surface area contributed by atoms with Crippen LogP contribution in [0.15, 0.2) is 36.4 Å². The number of ether oxygens (including phenoxy) is 1. The van der Waals surface area contributed by atoms with Crippen LogP contribution in [0, 0.1) is 23.7 Å². The second kappa shape index (κ2) is 8.60. The van der Waals surface area contributed by atoms with Gasteiger partial charge >= 0.3 is 21.3 Å². The lowest BCUT2D eigenvalue weighted by Crippen LogP contribution is -2.43. The molecule has 0 aromatic heterocycles. The van der Waals surface area contributed by atoms with Crippen molar-refractivity contribution in [1.82, 2.24) is 5.06 Å². The molecule has 1 aromatic carbocycles. The van der Waals surface area contributed by atoms with Crippen LogP contribution in [-0.4, -0.2) is 43.1 Å². The Morgan fingerprint density at radius 3 is 2.21 bits per heavy atom. The molecule has 2 amide bonds. The SMILES string of the molecule is CCCCc1ccc(C(=O)OCC(F)(F)S(=O)(=O)ON2C(=O)C3C4C=CC(C4)C3C2=O)cc1. The number of rotatable bonds is 9. The van der Waals surface area contributed by atoms with Crippen LogP contribution in [0.2, 0.25) is 0 Å². The molecule has 0 spiro atoms. The minimum absolute atomic E-state index is 0.0231.